The number of nitrogens with one attached hydrogen (secondary N) is 1. The molecule has 0 radical (unpaired) electrons. The number of thiazole rings is 1. The number of rotatable bonds is 5. The monoisotopic (exact) mass is 425 g/mol. The highest BCUT2D eigenvalue weighted by molar-refractivity contribution is 7.16. The van der Waals surface area contributed by atoms with Crippen molar-refractivity contribution in [2.75, 3.05) is 5.32 Å². The zero-order valence-electron chi connectivity index (χ0n) is 17.7. The van der Waals surface area contributed by atoms with Crippen molar-refractivity contribution in [2.24, 2.45) is 0 Å². The molecule has 5 nitrogen and oxygen atoms in total. The number of aryl methyl sites for hydroxylation is 3. The smallest absolute Gasteiger partial charge is 0.187 e. The van der Waals surface area contributed by atoms with Crippen LogP contribution in [0.3, 0.4) is 0 Å². The fourth-order valence-corrected chi connectivity index (χ4v) is 4.45. The van der Waals surface area contributed by atoms with Crippen molar-refractivity contribution in [3.63, 3.8) is 0 Å². The Morgan fingerprint density at radius 2 is 1.61 bits per heavy atom. The van der Waals surface area contributed by atoms with Gasteiger partial charge in [-0.15, -0.1) is 11.3 Å². The van der Waals surface area contributed by atoms with Crippen molar-refractivity contribution in [2.45, 2.75) is 20.8 Å². The standard InChI is InChI=1S/C25H23N5S/c1-17-6-9-22(29-12-4-5-13-29)14-23(17)27-25-28-24(19(3)31-25)20-7-10-21(11-8-20)30-15-18(2)26-16-30/h4-16H,1-3H3,(H,27,28). The molecule has 0 aliphatic carbocycles. The van der Waals surface area contributed by atoms with Crippen molar-refractivity contribution in [3.05, 3.63) is 95.6 Å². The van der Waals surface area contributed by atoms with Crippen LogP contribution in [0.25, 0.3) is 22.6 Å². The zero-order valence-corrected chi connectivity index (χ0v) is 18.5. The number of hydrogen-bond acceptors (Lipinski definition) is 4. The molecule has 5 aromatic rings. The number of anilines is 2. The molecule has 0 atom stereocenters. The topological polar surface area (TPSA) is 47.7 Å². The lowest BCUT2D eigenvalue weighted by Gasteiger charge is -2.10. The lowest BCUT2D eigenvalue weighted by atomic mass is 10.1. The van der Waals surface area contributed by atoms with Crippen LogP contribution in [0.15, 0.2) is 79.5 Å². The molecule has 31 heavy (non-hydrogen) atoms. The first-order valence-corrected chi connectivity index (χ1v) is 11.0. The van der Waals surface area contributed by atoms with Gasteiger partial charge in [0.25, 0.3) is 0 Å². The molecule has 154 valence electrons. The molecule has 6 heteroatoms. The number of imidazole rings is 1. The quantitative estimate of drug-likeness (QED) is 0.352. The fraction of sp³-hybridized carbons (Fsp3) is 0.120. The van der Waals surface area contributed by atoms with E-state index >= 15 is 0 Å². The van der Waals surface area contributed by atoms with Crippen molar-refractivity contribution in [1.82, 2.24) is 19.1 Å². The van der Waals surface area contributed by atoms with Crippen LogP contribution in [-0.4, -0.2) is 19.1 Å². The van der Waals surface area contributed by atoms with Crippen LogP contribution in [0, 0.1) is 20.8 Å². The lowest BCUT2D eigenvalue weighted by molar-refractivity contribution is 1.06. The third-order valence-corrected chi connectivity index (χ3v) is 6.20. The van der Waals surface area contributed by atoms with Gasteiger partial charge in [0.05, 0.1) is 17.7 Å². The molecule has 0 fully saturated rings. The van der Waals surface area contributed by atoms with Crippen molar-refractivity contribution in [3.8, 4) is 22.6 Å². The van der Waals surface area contributed by atoms with E-state index in [1.54, 1.807) is 11.3 Å². The van der Waals surface area contributed by atoms with E-state index in [1.165, 1.54) is 10.4 Å². The van der Waals surface area contributed by atoms with E-state index in [-0.39, 0.29) is 0 Å². The van der Waals surface area contributed by atoms with Crippen LogP contribution in [-0.2, 0) is 0 Å². The van der Waals surface area contributed by atoms with Gasteiger partial charge in [-0.3, -0.25) is 0 Å². The van der Waals surface area contributed by atoms with E-state index in [9.17, 15) is 0 Å². The van der Waals surface area contributed by atoms with Gasteiger partial charge in [0.15, 0.2) is 5.13 Å². The maximum absolute atomic E-state index is 4.90. The van der Waals surface area contributed by atoms with Crippen LogP contribution < -0.4 is 5.32 Å². The summed E-state index contributed by atoms with van der Waals surface area (Å²) in [6.07, 6.45) is 7.96. The van der Waals surface area contributed by atoms with Gasteiger partial charge in [-0.25, -0.2) is 9.97 Å². The molecular weight excluding hydrogens is 402 g/mol. The Balaban J connectivity index is 1.41. The maximum atomic E-state index is 4.90. The average Bonchev–Trinajstić information content (AvgIpc) is 3.52. The summed E-state index contributed by atoms with van der Waals surface area (Å²) in [5, 5.41) is 4.42. The Bertz CT molecular complexity index is 1330. The van der Waals surface area contributed by atoms with Crippen molar-refractivity contribution >= 4 is 22.2 Å². The predicted octanol–water partition coefficient (Wildman–Crippen LogP) is 6.46. The zero-order chi connectivity index (χ0) is 21.4. The summed E-state index contributed by atoms with van der Waals surface area (Å²) in [6.45, 7) is 6.22. The molecule has 0 unspecified atom stereocenters. The maximum Gasteiger partial charge on any atom is 0.187 e. The SMILES string of the molecule is Cc1cn(-c2ccc(-c3nc(Nc4cc(-n5cccc5)ccc4C)sc3C)cc2)cn1. The van der Waals surface area contributed by atoms with Crippen molar-refractivity contribution in [1.29, 1.82) is 0 Å². The molecule has 3 heterocycles. The highest BCUT2D eigenvalue weighted by Gasteiger charge is 2.12. The number of hydrogen-bond donors (Lipinski definition) is 1. The second-order valence-corrected chi connectivity index (χ2v) is 8.81. The minimum atomic E-state index is 0.898. The third-order valence-electron chi connectivity index (χ3n) is 5.31. The lowest BCUT2D eigenvalue weighted by Crippen LogP contribution is -1.96. The largest absolute Gasteiger partial charge is 0.331 e. The molecule has 0 amide bonds. The molecule has 1 N–H and O–H groups in total. The molecule has 2 aromatic carbocycles. The summed E-state index contributed by atoms with van der Waals surface area (Å²) in [5.41, 5.74) is 7.60. The van der Waals surface area contributed by atoms with Gasteiger partial charge in [-0.05, 0) is 62.7 Å². The third kappa shape index (κ3) is 3.90. The Kier molecular flexibility index (Phi) is 4.92. The molecule has 0 saturated heterocycles. The van der Waals surface area contributed by atoms with Crippen LogP contribution in [0.4, 0.5) is 10.8 Å². The second kappa shape index (κ2) is 7.89. The minimum Gasteiger partial charge on any atom is -0.331 e. The van der Waals surface area contributed by atoms with Crippen LogP contribution >= 0.6 is 11.3 Å². The van der Waals surface area contributed by atoms with Gasteiger partial charge in [0.1, 0.15) is 0 Å². The van der Waals surface area contributed by atoms with Crippen LogP contribution in [0.1, 0.15) is 16.1 Å². The first-order chi connectivity index (χ1) is 15.1. The summed E-state index contributed by atoms with van der Waals surface area (Å²) >= 11 is 1.68. The summed E-state index contributed by atoms with van der Waals surface area (Å²) in [7, 11) is 0. The summed E-state index contributed by atoms with van der Waals surface area (Å²) in [6, 6.07) is 18.9. The van der Waals surface area contributed by atoms with Crippen molar-refractivity contribution < 1.29 is 0 Å². The first kappa shape index (κ1) is 19.3. The molecule has 5 rings (SSSR count). The molecule has 0 saturated carbocycles. The second-order valence-electron chi connectivity index (χ2n) is 7.61. The van der Waals surface area contributed by atoms with E-state index in [2.05, 4.69) is 83.6 Å². The molecule has 0 aliphatic heterocycles. The Morgan fingerprint density at radius 1 is 0.871 bits per heavy atom. The molecule has 0 spiro atoms. The van der Waals surface area contributed by atoms with Gasteiger partial charge < -0.3 is 14.5 Å². The van der Waals surface area contributed by atoms with Gasteiger partial charge in [-0.1, -0.05) is 18.2 Å². The summed E-state index contributed by atoms with van der Waals surface area (Å²) < 4.78 is 4.13. The van der Waals surface area contributed by atoms with Gasteiger partial charge >= 0.3 is 0 Å². The number of benzene rings is 2. The Morgan fingerprint density at radius 3 is 2.32 bits per heavy atom. The number of nitrogens with zero attached hydrogens (tertiary/aromatic N) is 4. The Labute approximate surface area is 185 Å². The van der Waals surface area contributed by atoms with E-state index in [0.29, 0.717) is 0 Å². The molecule has 3 aromatic heterocycles. The normalized spacial score (nSPS) is 11.1. The van der Waals surface area contributed by atoms with Crippen LogP contribution in [0.5, 0.6) is 0 Å². The summed E-state index contributed by atoms with van der Waals surface area (Å²) in [4.78, 5) is 10.4. The minimum absolute atomic E-state index is 0.898. The summed E-state index contributed by atoms with van der Waals surface area (Å²) in [5.74, 6) is 0. The highest BCUT2D eigenvalue weighted by Crippen LogP contribution is 2.33. The van der Waals surface area contributed by atoms with Gasteiger partial charge in [0.2, 0.25) is 0 Å². The van der Waals surface area contributed by atoms with Gasteiger partial charge in [0, 0.05) is 46.1 Å². The fourth-order valence-electron chi connectivity index (χ4n) is 3.60. The average molecular weight is 426 g/mol. The van der Waals surface area contributed by atoms with E-state index in [4.69, 9.17) is 4.98 Å². The Hall–Kier alpha value is -3.64. The van der Waals surface area contributed by atoms with Gasteiger partial charge in [-0.2, -0.15) is 0 Å². The van der Waals surface area contributed by atoms with E-state index in [0.717, 1.165) is 39.1 Å². The number of aromatic nitrogens is 4. The first-order valence-electron chi connectivity index (χ1n) is 10.2. The predicted molar refractivity (Wildman–Crippen MR) is 128 cm³/mol. The molecule has 0 aliphatic rings. The molecular formula is C25H23N5S. The highest BCUT2D eigenvalue weighted by atomic mass is 32.1. The van der Waals surface area contributed by atoms with E-state index < -0.39 is 0 Å². The van der Waals surface area contributed by atoms with Crippen LogP contribution in [0.2, 0.25) is 0 Å². The molecule has 0 bridgehead atoms. The van der Waals surface area contributed by atoms with E-state index in [1.807, 2.05) is 36.1 Å².